The summed E-state index contributed by atoms with van der Waals surface area (Å²) in [6.45, 7) is 4.54. The molecule has 19 heavy (non-hydrogen) atoms. The summed E-state index contributed by atoms with van der Waals surface area (Å²) in [5.41, 5.74) is 1.48. The van der Waals surface area contributed by atoms with Crippen LogP contribution in [0.15, 0.2) is 24.3 Å². The molecule has 0 amide bonds. The Morgan fingerprint density at radius 1 is 1.37 bits per heavy atom. The predicted molar refractivity (Wildman–Crippen MR) is 68.4 cm³/mol. The molecule has 2 aromatic rings. The number of hydrogen-bond donors (Lipinski definition) is 1. The fourth-order valence-corrected chi connectivity index (χ4v) is 1.81. The number of carbonyl (C=O) groups is 1. The summed E-state index contributed by atoms with van der Waals surface area (Å²) in [6.07, 6.45) is 0. The van der Waals surface area contributed by atoms with Crippen molar-refractivity contribution in [2.75, 3.05) is 6.61 Å². The van der Waals surface area contributed by atoms with Crippen molar-refractivity contribution in [1.29, 1.82) is 0 Å². The summed E-state index contributed by atoms with van der Waals surface area (Å²) in [6, 6.07) is 7.47. The van der Waals surface area contributed by atoms with E-state index in [1.54, 1.807) is 6.92 Å². The summed E-state index contributed by atoms with van der Waals surface area (Å²) in [4.78, 5) is 11.1. The lowest BCUT2D eigenvalue weighted by Crippen LogP contribution is -2.11. The van der Waals surface area contributed by atoms with Gasteiger partial charge in [0.25, 0.3) is 0 Å². The van der Waals surface area contributed by atoms with Crippen LogP contribution >= 0.6 is 0 Å². The average Bonchev–Trinajstić information content (AvgIpc) is 2.73. The van der Waals surface area contributed by atoms with Crippen molar-refractivity contribution in [1.82, 2.24) is 15.0 Å². The zero-order chi connectivity index (χ0) is 13.8. The Labute approximate surface area is 110 Å². The van der Waals surface area contributed by atoms with Crippen LogP contribution in [-0.2, 0) is 6.54 Å². The molecule has 2 rings (SSSR count). The van der Waals surface area contributed by atoms with Gasteiger partial charge < -0.3 is 9.84 Å². The lowest BCUT2D eigenvalue weighted by atomic mass is 10.2. The summed E-state index contributed by atoms with van der Waals surface area (Å²) in [5, 5.41) is 16.7. The minimum Gasteiger partial charge on any atom is -0.494 e. The molecule has 0 fully saturated rings. The number of hydrogen-bond acceptors (Lipinski definition) is 4. The SMILES string of the molecule is CCOc1ccc(Cn2nnc(C)c2C(=O)O)cc1. The van der Waals surface area contributed by atoms with Crippen molar-refractivity contribution in [3.05, 3.63) is 41.2 Å². The van der Waals surface area contributed by atoms with Crippen LogP contribution in [-0.4, -0.2) is 32.7 Å². The lowest BCUT2D eigenvalue weighted by Gasteiger charge is -2.06. The molecule has 0 spiro atoms. The monoisotopic (exact) mass is 261 g/mol. The van der Waals surface area contributed by atoms with E-state index in [0.717, 1.165) is 11.3 Å². The van der Waals surface area contributed by atoms with Gasteiger partial charge in [0.05, 0.1) is 18.8 Å². The van der Waals surface area contributed by atoms with Crippen molar-refractivity contribution >= 4 is 5.97 Å². The van der Waals surface area contributed by atoms with Gasteiger partial charge in [-0.05, 0) is 31.5 Å². The Hall–Kier alpha value is -2.37. The zero-order valence-corrected chi connectivity index (χ0v) is 10.8. The number of benzene rings is 1. The van der Waals surface area contributed by atoms with Crippen LogP contribution in [0.4, 0.5) is 0 Å². The minimum absolute atomic E-state index is 0.119. The molecule has 0 unspecified atom stereocenters. The smallest absolute Gasteiger partial charge is 0.356 e. The number of carboxylic acid groups (broad SMARTS) is 1. The third-order valence-corrected chi connectivity index (χ3v) is 2.67. The van der Waals surface area contributed by atoms with Crippen molar-refractivity contribution < 1.29 is 14.6 Å². The van der Waals surface area contributed by atoms with Gasteiger partial charge in [0.1, 0.15) is 5.75 Å². The van der Waals surface area contributed by atoms with Gasteiger partial charge in [0, 0.05) is 0 Å². The molecular weight excluding hydrogens is 246 g/mol. The molecule has 0 bridgehead atoms. The first-order chi connectivity index (χ1) is 9.11. The topological polar surface area (TPSA) is 77.2 Å². The molecule has 0 saturated heterocycles. The number of aryl methyl sites for hydroxylation is 1. The Morgan fingerprint density at radius 2 is 2.05 bits per heavy atom. The Kier molecular flexibility index (Phi) is 3.79. The van der Waals surface area contributed by atoms with E-state index < -0.39 is 5.97 Å². The van der Waals surface area contributed by atoms with Gasteiger partial charge in [-0.15, -0.1) is 5.10 Å². The van der Waals surface area contributed by atoms with Crippen LogP contribution in [0.25, 0.3) is 0 Å². The summed E-state index contributed by atoms with van der Waals surface area (Å²) < 4.78 is 6.73. The van der Waals surface area contributed by atoms with E-state index in [-0.39, 0.29) is 5.69 Å². The van der Waals surface area contributed by atoms with E-state index in [9.17, 15) is 4.79 Å². The Bertz CT molecular complexity index is 575. The molecule has 1 N–H and O–H groups in total. The number of aromatic carboxylic acids is 1. The first kappa shape index (κ1) is 13.1. The third kappa shape index (κ3) is 2.90. The normalized spacial score (nSPS) is 10.4. The van der Waals surface area contributed by atoms with Gasteiger partial charge in [0.15, 0.2) is 5.69 Å². The molecule has 0 radical (unpaired) electrons. The molecule has 0 aliphatic heterocycles. The van der Waals surface area contributed by atoms with Gasteiger partial charge in [-0.25, -0.2) is 9.48 Å². The highest BCUT2D eigenvalue weighted by Crippen LogP contribution is 2.14. The number of carboxylic acids is 1. The van der Waals surface area contributed by atoms with Gasteiger partial charge in [-0.3, -0.25) is 0 Å². The van der Waals surface area contributed by atoms with Crippen LogP contribution in [0.2, 0.25) is 0 Å². The number of ether oxygens (including phenoxy) is 1. The molecule has 0 aliphatic rings. The van der Waals surface area contributed by atoms with E-state index >= 15 is 0 Å². The van der Waals surface area contributed by atoms with Crippen LogP contribution in [0.3, 0.4) is 0 Å². The highest BCUT2D eigenvalue weighted by molar-refractivity contribution is 5.86. The lowest BCUT2D eigenvalue weighted by molar-refractivity contribution is 0.0683. The maximum atomic E-state index is 11.1. The summed E-state index contributed by atoms with van der Waals surface area (Å²) in [5.74, 6) is -0.229. The summed E-state index contributed by atoms with van der Waals surface area (Å²) in [7, 11) is 0. The average molecular weight is 261 g/mol. The van der Waals surface area contributed by atoms with Crippen LogP contribution in [0.1, 0.15) is 28.7 Å². The molecule has 0 atom stereocenters. The Morgan fingerprint density at radius 3 is 2.63 bits per heavy atom. The van der Waals surface area contributed by atoms with Gasteiger partial charge >= 0.3 is 5.97 Å². The zero-order valence-electron chi connectivity index (χ0n) is 10.8. The second kappa shape index (κ2) is 5.51. The van der Waals surface area contributed by atoms with E-state index in [2.05, 4.69) is 10.3 Å². The van der Waals surface area contributed by atoms with Crippen LogP contribution in [0, 0.1) is 6.92 Å². The molecule has 100 valence electrons. The van der Waals surface area contributed by atoms with E-state index in [1.807, 2.05) is 31.2 Å². The largest absolute Gasteiger partial charge is 0.494 e. The number of aromatic nitrogens is 3. The van der Waals surface area contributed by atoms with E-state index in [4.69, 9.17) is 9.84 Å². The van der Waals surface area contributed by atoms with Crippen LogP contribution < -0.4 is 4.74 Å². The highest BCUT2D eigenvalue weighted by atomic mass is 16.5. The molecule has 6 heteroatoms. The number of rotatable bonds is 5. The second-order valence-corrected chi connectivity index (χ2v) is 4.06. The maximum absolute atomic E-state index is 11.1. The van der Waals surface area contributed by atoms with Crippen molar-refractivity contribution in [2.24, 2.45) is 0 Å². The molecule has 0 aliphatic carbocycles. The molecule has 1 aromatic carbocycles. The molecular formula is C13H15N3O3. The fraction of sp³-hybridized carbons (Fsp3) is 0.308. The van der Waals surface area contributed by atoms with Gasteiger partial charge in [-0.2, -0.15) is 0 Å². The predicted octanol–water partition coefficient (Wildman–Crippen LogP) is 1.73. The summed E-state index contributed by atoms with van der Waals surface area (Å²) >= 11 is 0. The van der Waals surface area contributed by atoms with Gasteiger partial charge in [0.2, 0.25) is 0 Å². The van der Waals surface area contributed by atoms with Crippen molar-refractivity contribution in [3.8, 4) is 5.75 Å². The highest BCUT2D eigenvalue weighted by Gasteiger charge is 2.16. The molecule has 1 heterocycles. The first-order valence-electron chi connectivity index (χ1n) is 5.97. The number of nitrogens with zero attached hydrogens (tertiary/aromatic N) is 3. The van der Waals surface area contributed by atoms with E-state index in [1.165, 1.54) is 4.68 Å². The van der Waals surface area contributed by atoms with E-state index in [0.29, 0.717) is 18.8 Å². The molecule has 1 aromatic heterocycles. The quantitative estimate of drug-likeness (QED) is 0.886. The van der Waals surface area contributed by atoms with Crippen LogP contribution in [0.5, 0.6) is 5.75 Å². The van der Waals surface area contributed by atoms with Crippen molar-refractivity contribution in [3.63, 3.8) is 0 Å². The maximum Gasteiger partial charge on any atom is 0.356 e. The molecule has 6 nitrogen and oxygen atoms in total. The molecule has 0 saturated carbocycles. The van der Waals surface area contributed by atoms with Gasteiger partial charge in [-0.1, -0.05) is 17.3 Å². The second-order valence-electron chi connectivity index (χ2n) is 4.06. The standard InChI is InChI=1S/C13H15N3O3/c1-3-19-11-6-4-10(5-7-11)8-16-12(13(17)18)9(2)14-15-16/h4-7H,3,8H2,1-2H3,(H,17,18). The van der Waals surface area contributed by atoms with Crippen molar-refractivity contribution in [2.45, 2.75) is 20.4 Å². The third-order valence-electron chi connectivity index (χ3n) is 2.67. The fourth-order valence-electron chi connectivity index (χ4n) is 1.81. The first-order valence-corrected chi connectivity index (χ1v) is 5.97. The Balaban J connectivity index is 2.19. The minimum atomic E-state index is -1.02.